The Morgan fingerprint density at radius 3 is 2.71 bits per heavy atom. The highest BCUT2D eigenvalue weighted by atomic mass is 16.6. The van der Waals surface area contributed by atoms with Crippen LogP contribution in [0.3, 0.4) is 0 Å². The molecule has 21 heavy (non-hydrogen) atoms. The molecule has 0 aliphatic carbocycles. The van der Waals surface area contributed by atoms with Crippen LogP contribution in [0.1, 0.15) is 18.4 Å². The van der Waals surface area contributed by atoms with E-state index in [9.17, 15) is 14.9 Å². The van der Waals surface area contributed by atoms with Gasteiger partial charge in [0.05, 0.1) is 4.92 Å². The molecule has 0 radical (unpaired) electrons. The standard InChI is InChI=1S/C13H15N5O3/c14-17-16-10-2-1-9-15-13(19)8-5-11-3-6-12(7-4-11)18(20)21/h3-8H,1-2,9-10H2,(H,15,19)/b8-5+. The summed E-state index contributed by atoms with van der Waals surface area (Å²) in [6, 6.07) is 5.91. The molecule has 110 valence electrons. The summed E-state index contributed by atoms with van der Waals surface area (Å²) in [5.41, 5.74) is 8.80. The SMILES string of the molecule is [N-]=[N+]=NCCCCNC(=O)/C=C/c1ccc([N+](=O)[O-])cc1. The molecular weight excluding hydrogens is 274 g/mol. The molecule has 0 atom stereocenters. The summed E-state index contributed by atoms with van der Waals surface area (Å²) in [6.07, 6.45) is 4.40. The first-order chi connectivity index (χ1) is 10.1. The zero-order chi connectivity index (χ0) is 15.5. The van der Waals surface area contributed by atoms with E-state index >= 15 is 0 Å². The van der Waals surface area contributed by atoms with E-state index in [0.717, 1.165) is 12.8 Å². The van der Waals surface area contributed by atoms with Gasteiger partial charge in [-0.3, -0.25) is 14.9 Å². The number of nitrogens with zero attached hydrogens (tertiary/aromatic N) is 4. The van der Waals surface area contributed by atoms with Gasteiger partial charge in [0, 0.05) is 36.2 Å². The number of azide groups is 1. The van der Waals surface area contributed by atoms with E-state index in [2.05, 4.69) is 15.3 Å². The number of nitro groups is 1. The lowest BCUT2D eigenvalue weighted by Crippen LogP contribution is -2.22. The van der Waals surface area contributed by atoms with Gasteiger partial charge in [-0.15, -0.1) is 0 Å². The lowest BCUT2D eigenvalue weighted by atomic mass is 10.2. The van der Waals surface area contributed by atoms with E-state index in [0.29, 0.717) is 18.7 Å². The molecule has 0 spiro atoms. The summed E-state index contributed by atoms with van der Waals surface area (Å²) >= 11 is 0. The van der Waals surface area contributed by atoms with E-state index in [1.165, 1.54) is 18.2 Å². The summed E-state index contributed by atoms with van der Waals surface area (Å²) in [7, 11) is 0. The average molecular weight is 289 g/mol. The maximum absolute atomic E-state index is 11.5. The maximum Gasteiger partial charge on any atom is 0.269 e. The highest BCUT2D eigenvalue weighted by molar-refractivity contribution is 5.91. The van der Waals surface area contributed by atoms with Gasteiger partial charge in [0.1, 0.15) is 0 Å². The van der Waals surface area contributed by atoms with Gasteiger partial charge in [0.2, 0.25) is 5.91 Å². The lowest BCUT2D eigenvalue weighted by molar-refractivity contribution is -0.384. The quantitative estimate of drug-likeness (QED) is 0.150. The fraction of sp³-hybridized carbons (Fsp3) is 0.308. The molecule has 0 aromatic heterocycles. The molecule has 1 aromatic carbocycles. The van der Waals surface area contributed by atoms with Crippen LogP contribution in [-0.4, -0.2) is 23.9 Å². The Labute approximate surface area is 121 Å². The number of rotatable bonds is 8. The summed E-state index contributed by atoms with van der Waals surface area (Å²) < 4.78 is 0. The van der Waals surface area contributed by atoms with Crippen LogP contribution < -0.4 is 5.32 Å². The van der Waals surface area contributed by atoms with E-state index in [1.807, 2.05) is 0 Å². The van der Waals surface area contributed by atoms with Crippen LogP contribution in [0.4, 0.5) is 5.69 Å². The molecule has 0 aliphatic rings. The number of benzene rings is 1. The van der Waals surface area contributed by atoms with Crippen LogP contribution in [-0.2, 0) is 4.79 Å². The third-order valence-corrected chi connectivity index (χ3v) is 2.58. The zero-order valence-electron chi connectivity index (χ0n) is 11.3. The van der Waals surface area contributed by atoms with Gasteiger partial charge in [0.15, 0.2) is 0 Å². The van der Waals surface area contributed by atoms with Gasteiger partial charge in [-0.25, -0.2) is 0 Å². The van der Waals surface area contributed by atoms with Crippen LogP contribution >= 0.6 is 0 Å². The summed E-state index contributed by atoms with van der Waals surface area (Å²) in [5, 5.41) is 16.6. The average Bonchev–Trinajstić information content (AvgIpc) is 2.49. The van der Waals surface area contributed by atoms with Crippen LogP contribution in [0.25, 0.3) is 16.5 Å². The van der Waals surface area contributed by atoms with Crippen molar-refractivity contribution in [2.75, 3.05) is 13.1 Å². The summed E-state index contributed by atoms with van der Waals surface area (Å²) in [5.74, 6) is -0.239. The van der Waals surface area contributed by atoms with Crippen molar-refractivity contribution in [2.24, 2.45) is 5.11 Å². The van der Waals surface area contributed by atoms with Crippen molar-refractivity contribution in [2.45, 2.75) is 12.8 Å². The van der Waals surface area contributed by atoms with Crippen molar-refractivity contribution in [1.29, 1.82) is 0 Å². The van der Waals surface area contributed by atoms with Crippen LogP contribution in [0.15, 0.2) is 35.5 Å². The molecule has 1 rings (SSSR count). The van der Waals surface area contributed by atoms with Crippen LogP contribution in [0.5, 0.6) is 0 Å². The molecule has 0 heterocycles. The smallest absolute Gasteiger partial charge is 0.269 e. The Kier molecular flexibility index (Phi) is 7.02. The first-order valence-corrected chi connectivity index (χ1v) is 6.34. The molecule has 8 heteroatoms. The lowest BCUT2D eigenvalue weighted by Gasteiger charge is -2.00. The minimum atomic E-state index is -0.476. The maximum atomic E-state index is 11.5. The number of nitro benzene ring substituents is 1. The highest BCUT2D eigenvalue weighted by Crippen LogP contribution is 2.12. The second kappa shape index (κ2) is 9.11. The molecule has 1 aromatic rings. The molecule has 1 N–H and O–H groups in total. The van der Waals surface area contributed by atoms with Crippen molar-refractivity contribution in [3.63, 3.8) is 0 Å². The van der Waals surface area contributed by atoms with Crippen LogP contribution in [0.2, 0.25) is 0 Å². The van der Waals surface area contributed by atoms with Crippen molar-refractivity contribution < 1.29 is 9.72 Å². The fourth-order valence-electron chi connectivity index (χ4n) is 1.50. The molecule has 1 amide bonds. The first-order valence-electron chi connectivity index (χ1n) is 6.34. The molecule has 8 nitrogen and oxygen atoms in total. The van der Waals surface area contributed by atoms with E-state index in [4.69, 9.17) is 5.53 Å². The number of carbonyl (C=O) groups is 1. The van der Waals surface area contributed by atoms with Gasteiger partial charge in [-0.1, -0.05) is 5.11 Å². The largest absolute Gasteiger partial charge is 0.353 e. The molecule has 0 saturated carbocycles. The minimum Gasteiger partial charge on any atom is -0.353 e. The Hall–Kier alpha value is -2.86. The molecular formula is C13H15N5O3. The van der Waals surface area contributed by atoms with Crippen molar-refractivity contribution >= 4 is 17.7 Å². The number of carbonyl (C=O) groups excluding carboxylic acids is 1. The number of hydrogen-bond donors (Lipinski definition) is 1. The number of hydrogen-bond acceptors (Lipinski definition) is 4. The summed E-state index contributed by atoms with van der Waals surface area (Å²) in [6.45, 7) is 0.926. The molecule has 0 bridgehead atoms. The molecule has 0 saturated heterocycles. The Bertz CT molecular complexity index is 562. The second-order valence-electron chi connectivity index (χ2n) is 4.13. The van der Waals surface area contributed by atoms with Crippen LogP contribution in [0, 0.1) is 10.1 Å². The highest BCUT2D eigenvalue weighted by Gasteiger charge is 2.02. The third-order valence-electron chi connectivity index (χ3n) is 2.58. The normalized spacial score (nSPS) is 10.1. The number of amides is 1. The number of non-ortho nitro benzene ring substituents is 1. The molecule has 0 unspecified atom stereocenters. The fourth-order valence-corrected chi connectivity index (χ4v) is 1.50. The van der Waals surface area contributed by atoms with Crippen molar-refractivity contribution in [1.82, 2.24) is 5.32 Å². The monoisotopic (exact) mass is 289 g/mol. The zero-order valence-corrected chi connectivity index (χ0v) is 11.3. The topological polar surface area (TPSA) is 121 Å². The number of unbranched alkanes of at least 4 members (excludes halogenated alkanes) is 1. The predicted molar refractivity (Wildman–Crippen MR) is 78.4 cm³/mol. The molecule has 0 fully saturated rings. The Morgan fingerprint density at radius 1 is 1.38 bits per heavy atom. The Morgan fingerprint density at radius 2 is 2.10 bits per heavy atom. The van der Waals surface area contributed by atoms with Crippen molar-refractivity contribution in [3.05, 3.63) is 56.5 Å². The number of nitrogens with one attached hydrogen (secondary N) is 1. The Balaban J connectivity index is 2.33. The van der Waals surface area contributed by atoms with Gasteiger partial charge < -0.3 is 5.32 Å². The van der Waals surface area contributed by atoms with Gasteiger partial charge in [-0.2, -0.15) is 0 Å². The van der Waals surface area contributed by atoms with E-state index in [1.54, 1.807) is 18.2 Å². The molecule has 0 aliphatic heterocycles. The van der Waals surface area contributed by atoms with E-state index < -0.39 is 4.92 Å². The first kappa shape index (κ1) is 16.2. The van der Waals surface area contributed by atoms with Crippen molar-refractivity contribution in [3.8, 4) is 0 Å². The minimum absolute atomic E-state index is 0.0108. The predicted octanol–water partition coefficient (Wildman–Crippen LogP) is 2.81. The second-order valence-corrected chi connectivity index (χ2v) is 4.13. The van der Waals surface area contributed by atoms with E-state index in [-0.39, 0.29) is 11.6 Å². The summed E-state index contributed by atoms with van der Waals surface area (Å²) in [4.78, 5) is 24.1. The van der Waals surface area contributed by atoms with Gasteiger partial charge >= 0.3 is 0 Å². The van der Waals surface area contributed by atoms with Gasteiger partial charge in [0.25, 0.3) is 5.69 Å². The van der Waals surface area contributed by atoms with Gasteiger partial charge in [-0.05, 0) is 42.1 Å². The third kappa shape index (κ3) is 6.74.